The van der Waals surface area contributed by atoms with Crippen LogP contribution in [0.5, 0.6) is 0 Å². The van der Waals surface area contributed by atoms with E-state index in [4.69, 9.17) is 5.73 Å². The van der Waals surface area contributed by atoms with E-state index in [-0.39, 0.29) is 17.9 Å². The molecule has 0 bridgehead atoms. The van der Waals surface area contributed by atoms with Gasteiger partial charge in [-0.1, -0.05) is 20.3 Å². The van der Waals surface area contributed by atoms with E-state index in [1.54, 1.807) is 6.92 Å². The Morgan fingerprint density at radius 3 is 2.55 bits per heavy atom. The average molecular weight is 159 g/mol. The van der Waals surface area contributed by atoms with Gasteiger partial charge in [-0.3, -0.25) is 4.79 Å². The van der Waals surface area contributed by atoms with Crippen LogP contribution < -0.4 is 5.73 Å². The van der Waals surface area contributed by atoms with E-state index in [0.29, 0.717) is 6.42 Å². The van der Waals surface area contributed by atoms with Crippen LogP contribution in [0.4, 0.5) is 0 Å². The molecular formula is C8H17NO2. The zero-order valence-corrected chi connectivity index (χ0v) is 7.21. The Kier molecular flexibility index (Phi) is 4.86. The highest BCUT2D eigenvalue weighted by atomic mass is 16.3. The van der Waals surface area contributed by atoms with E-state index >= 15 is 0 Å². The monoisotopic (exact) mass is 159 g/mol. The third kappa shape index (κ3) is 4.79. The van der Waals surface area contributed by atoms with E-state index in [2.05, 4.69) is 0 Å². The third-order valence-corrected chi connectivity index (χ3v) is 1.73. The van der Waals surface area contributed by atoms with Crippen molar-refractivity contribution in [1.82, 2.24) is 0 Å². The van der Waals surface area contributed by atoms with Gasteiger partial charge in [0, 0.05) is 5.92 Å². The first-order valence-corrected chi connectivity index (χ1v) is 4.05. The van der Waals surface area contributed by atoms with Crippen molar-refractivity contribution in [3.05, 3.63) is 0 Å². The number of rotatable bonds is 5. The molecule has 0 aromatic carbocycles. The van der Waals surface area contributed by atoms with Gasteiger partial charge in [0.1, 0.15) is 0 Å². The van der Waals surface area contributed by atoms with Crippen LogP contribution in [0.15, 0.2) is 0 Å². The van der Waals surface area contributed by atoms with Crippen molar-refractivity contribution in [2.75, 3.05) is 0 Å². The summed E-state index contributed by atoms with van der Waals surface area (Å²) in [5.41, 5.74) is 5.03. The molecule has 3 N–H and O–H groups in total. The summed E-state index contributed by atoms with van der Waals surface area (Å²) < 4.78 is 0. The number of primary amides is 1. The normalized spacial score (nSPS) is 15.9. The summed E-state index contributed by atoms with van der Waals surface area (Å²) in [7, 11) is 0. The fourth-order valence-corrected chi connectivity index (χ4v) is 0.975. The topological polar surface area (TPSA) is 63.3 Å². The first-order chi connectivity index (χ1) is 5.07. The summed E-state index contributed by atoms with van der Waals surface area (Å²) in [6.07, 6.45) is 1.80. The predicted octanol–water partition coefficient (Wildman–Crippen LogP) is 0.659. The van der Waals surface area contributed by atoms with Gasteiger partial charge in [0.05, 0.1) is 6.10 Å². The van der Waals surface area contributed by atoms with Crippen LogP contribution in [-0.4, -0.2) is 17.1 Å². The quantitative estimate of drug-likeness (QED) is 0.619. The highest BCUT2D eigenvalue weighted by molar-refractivity contribution is 5.76. The van der Waals surface area contributed by atoms with E-state index in [1.807, 2.05) is 6.92 Å². The van der Waals surface area contributed by atoms with Gasteiger partial charge in [-0.2, -0.15) is 0 Å². The van der Waals surface area contributed by atoms with Crippen molar-refractivity contribution in [2.24, 2.45) is 11.7 Å². The molecule has 0 saturated heterocycles. The molecule has 0 aromatic rings. The lowest BCUT2D eigenvalue weighted by Gasteiger charge is -2.12. The number of aliphatic hydroxyl groups excluding tert-OH is 1. The Morgan fingerprint density at radius 1 is 1.64 bits per heavy atom. The van der Waals surface area contributed by atoms with Crippen molar-refractivity contribution in [2.45, 2.75) is 39.2 Å². The van der Waals surface area contributed by atoms with Crippen molar-refractivity contribution < 1.29 is 9.90 Å². The summed E-state index contributed by atoms with van der Waals surface area (Å²) >= 11 is 0. The van der Waals surface area contributed by atoms with Crippen LogP contribution >= 0.6 is 0 Å². The average Bonchev–Trinajstić information content (AvgIpc) is 1.87. The van der Waals surface area contributed by atoms with Crippen LogP contribution in [0.1, 0.15) is 33.1 Å². The number of carbonyl (C=O) groups excluding carboxylic acids is 1. The lowest BCUT2D eigenvalue weighted by molar-refractivity contribution is -0.122. The zero-order chi connectivity index (χ0) is 8.85. The molecule has 0 aliphatic rings. The lowest BCUT2D eigenvalue weighted by atomic mass is 10.0. The molecule has 0 aromatic heterocycles. The van der Waals surface area contributed by atoms with Crippen LogP contribution in [0.2, 0.25) is 0 Å². The molecule has 0 heterocycles. The molecule has 66 valence electrons. The van der Waals surface area contributed by atoms with Gasteiger partial charge >= 0.3 is 0 Å². The molecule has 2 atom stereocenters. The van der Waals surface area contributed by atoms with Crippen molar-refractivity contribution in [3.8, 4) is 0 Å². The molecule has 3 nitrogen and oxygen atoms in total. The fraction of sp³-hybridized carbons (Fsp3) is 0.875. The molecule has 0 fully saturated rings. The molecule has 0 radical (unpaired) electrons. The molecular weight excluding hydrogens is 142 g/mol. The number of hydrogen-bond donors (Lipinski definition) is 2. The van der Waals surface area contributed by atoms with E-state index in [1.165, 1.54) is 0 Å². The molecule has 0 saturated carbocycles. The van der Waals surface area contributed by atoms with Gasteiger partial charge in [-0.15, -0.1) is 0 Å². The van der Waals surface area contributed by atoms with Crippen molar-refractivity contribution in [1.29, 1.82) is 0 Å². The summed E-state index contributed by atoms with van der Waals surface area (Å²) in [4.78, 5) is 10.6. The molecule has 0 rings (SSSR count). The highest BCUT2D eigenvalue weighted by Crippen LogP contribution is 2.09. The second kappa shape index (κ2) is 5.13. The standard InChI is InChI=1S/C8H17NO2/c1-3-4-7(10)5-6(2)8(9)11/h6-7,10H,3-5H2,1-2H3,(H2,9,11)/t6?,7-/m0/s1. The molecule has 0 aliphatic carbocycles. The van der Waals surface area contributed by atoms with Crippen LogP contribution in [0, 0.1) is 5.92 Å². The van der Waals surface area contributed by atoms with Crippen LogP contribution in [0.3, 0.4) is 0 Å². The molecule has 11 heavy (non-hydrogen) atoms. The SMILES string of the molecule is CCC[C@H](O)CC(C)C(N)=O. The maximum absolute atomic E-state index is 10.6. The zero-order valence-electron chi connectivity index (χ0n) is 7.21. The minimum absolute atomic E-state index is 0.212. The summed E-state index contributed by atoms with van der Waals surface area (Å²) in [6.45, 7) is 3.74. The Bertz CT molecular complexity index is 125. The molecule has 0 spiro atoms. The molecule has 1 amide bonds. The van der Waals surface area contributed by atoms with E-state index in [9.17, 15) is 9.90 Å². The Morgan fingerprint density at radius 2 is 2.18 bits per heavy atom. The number of hydrogen-bond acceptors (Lipinski definition) is 2. The van der Waals surface area contributed by atoms with Gasteiger partial charge < -0.3 is 10.8 Å². The smallest absolute Gasteiger partial charge is 0.220 e. The Hall–Kier alpha value is -0.570. The van der Waals surface area contributed by atoms with Gasteiger partial charge in [-0.05, 0) is 12.8 Å². The molecule has 3 heteroatoms. The number of amides is 1. The van der Waals surface area contributed by atoms with Gasteiger partial charge in [0.2, 0.25) is 5.91 Å². The number of nitrogens with two attached hydrogens (primary N) is 1. The maximum atomic E-state index is 10.6. The van der Waals surface area contributed by atoms with Crippen LogP contribution in [-0.2, 0) is 4.79 Å². The Labute approximate surface area is 67.6 Å². The highest BCUT2D eigenvalue weighted by Gasteiger charge is 2.13. The maximum Gasteiger partial charge on any atom is 0.220 e. The molecule has 1 unspecified atom stereocenters. The van der Waals surface area contributed by atoms with E-state index < -0.39 is 0 Å². The fourth-order valence-electron chi connectivity index (χ4n) is 0.975. The first kappa shape index (κ1) is 10.4. The van der Waals surface area contributed by atoms with Crippen molar-refractivity contribution >= 4 is 5.91 Å². The summed E-state index contributed by atoms with van der Waals surface area (Å²) in [5.74, 6) is -0.545. The van der Waals surface area contributed by atoms with Gasteiger partial charge in [-0.25, -0.2) is 0 Å². The third-order valence-electron chi connectivity index (χ3n) is 1.73. The summed E-state index contributed by atoms with van der Waals surface area (Å²) in [5, 5.41) is 9.26. The largest absolute Gasteiger partial charge is 0.393 e. The Balaban J connectivity index is 3.56. The second-order valence-electron chi connectivity index (χ2n) is 2.98. The van der Waals surface area contributed by atoms with E-state index in [0.717, 1.165) is 12.8 Å². The second-order valence-corrected chi connectivity index (χ2v) is 2.98. The lowest BCUT2D eigenvalue weighted by Crippen LogP contribution is -2.24. The minimum Gasteiger partial charge on any atom is -0.393 e. The minimum atomic E-state index is -0.373. The number of carbonyl (C=O) groups is 1. The van der Waals surface area contributed by atoms with Crippen LogP contribution in [0.25, 0.3) is 0 Å². The van der Waals surface area contributed by atoms with Crippen molar-refractivity contribution in [3.63, 3.8) is 0 Å². The predicted molar refractivity (Wildman–Crippen MR) is 43.9 cm³/mol. The number of aliphatic hydroxyl groups is 1. The van der Waals surface area contributed by atoms with Gasteiger partial charge in [0.15, 0.2) is 0 Å². The summed E-state index contributed by atoms with van der Waals surface area (Å²) in [6, 6.07) is 0. The molecule has 0 aliphatic heterocycles. The van der Waals surface area contributed by atoms with Gasteiger partial charge in [0.25, 0.3) is 0 Å². The first-order valence-electron chi connectivity index (χ1n) is 4.05.